The molecule has 0 radical (unpaired) electrons. The summed E-state index contributed by atoms with van der Waals surface area (Å²) in [5.74, 6) is -0.101. The lowest BCUT2D eigenvalue weighted by atomic mass is 10.3. The molecule has 0 fully saturated rings. The number of hydrogen-bond acceptors (Lipinski definition) is 4. The van der Waals surface area contributed by atoms with Gasteiger partial charge in [0.15, 0.2) is 9.84 Å². The van der Waals surface area contributed by atoms with E-state index in [-0.39, 0.29) is 23.0 Å². The molecule has 5 nitrogen and oxygen atoms in total. The predicted octanol–water partition coefficient (Wildman–Crippen LogP) is 1.71. The van der Waals surface area contributed by atoms with Crippen LogP contribution in [0.4, 0.5) is 0 Å². The Hall–Kier alpha value is -0.150. The molecule has 0 aliphatic carbocycles. The van der Waals surface area contributed by atoms with Gasteiger partial charge in [0, 0.05) is 6.54 Å². The first-order valence-electron chi connectivity index (χ1n) is 5.19. The molecule has 0 aliphatic rings. The van der Waals surface area contributed by atoms with Crippen molar-refractivity contribution in [2.75, 3.05) is 5.75 Å². The van der Waals surface area contributed by atoms with E-state index in [4.69, 9.17) is 11.6 Å². The van der Waals surface area contributed by atoms with Gasteiger partial charge < -0.3 is 0 Å². The van der Waals surface area contributed by atoms with Gasteiger partial charge in [-0.3, -0.25) is 9.36 Å². The summed E-state index contributed by atoms with van der Waals surface area (Å²) in [6, 6.07) is 0. The van der Waals surface area contributed by atoms with E-state index in [9.17, 15) is 13.2 Å². The van der Waals surface area contributed by atoms with Crippen molar-refractivity contribution in [2.45, 2.75) is 32.1 Å². The second-order valence-corrected chi connectivity index (χ2v) is 9.08. The third-order valence-electron chi connectivity index (χ3n) is 2.47. The average molecular weight is 405 g/mol. The topological polar surface area (TPSA) is 69.0 Å². The van der Waals surface area contributed by atoms with Crippen LogP contribution in [0.2, 0.25) is 5.15 Å². The number of nitrogens with zero attached hydrogens (tertiary/aromatic N) is 2. The molecule has 8 heteroatoms. The predicted molar refractivity (Wildman–Crippen MR) is 79.8 cm³/mol. The molecule has 1 rings (SSSR count). The molecule has 1 aromatic rings. The molecule has 0 saturated carbocycles. The van der Waals surface area contributed by atoms with Crippen molar-refractivity contribution in [3.8, 4) is 0 Å². The van der Waals surface area contributed by atoms with Gasteiger partial charge in [-0.15, -0.1) is 0 Å². The summed E-state index contributed by atoms with van der Waals surface area (Å²) in [4.78, 5) is 15.6. The number of sulfone groups is 1. The Balaban J connectivity index is 2.97. The van der Waals surface area contributed by atoms with E-state index < -0.39 is 14.6 Å². The lowest BCUT2D eigenvalue weighted by Crippen LogP contribution is -2.34. The van der Waals surface area contributed by atoms with Crippen molar-refractivity contribution in [1.29, 1.82) is 0 Å². The lowest BCUT2D eigenvalue weighted by Gasteiger charge is -2.19. The molecule has 0 saturated heterocycles. The summed E-state index contributed by atoms with van der Waals surface area (Å²) >= 11 is 7.49. The molecule has 102 valence electrons. The Morgan fingerprint density at radius 2 is 2.00 bits per heavy atom. The van der Waals surface area contributed by atoms with E-state index in [0.29, 0.717) is 3.57 Å². The van der Waals surface area contributed by atoms with Gasteiger partial charge in [0.05, 0.1) is 16.8 Å². The van der Waals surface area contributed by atoms with Gasteiger partial charge >= 0.3 is 0 Å². The molecule has 0 unspecified atom stereocenters. The zero-order valence-corrected chi connectivity index (χ0v) is 14.0. The molecule has 0 atom stereocenters. The van der Waals surface area contributed by atoms with Crippen molar-refractivity contribution in [1.82, 2.24) is 9.55 Å². The highest BCUT2D eigenvalue weighted by Crippen LogP contribution is 2.16. The summed E-state index contributed by atoms with van der Waals surface area (Å²) in [7, 11) is -3.26. The zero-order chi connectivity index (χ0) is 14.1. The highest BCUT2D eigenvalue weighted by Gasteiger charge is 2.28. The van der Waals surface area contributed by atoms with Crippen molar-refractivity contribution >= 4 is 44.0 Å². The van der Waals surface area contributed by atoms with Gasteiger partial charge in [0.1, 0.15) is 8.72 Å². The highest BCUT2D eigenvalue weighted by molar-refractivity contribution is 14.1. The van der Waals surface area contributed by atoms with Gasteiger partial charge in [-0.05, 0) is 43.4 Å². The SMILES string of the molecule is CC(C)(C)S(=O)(=O)CCn1cnc(Cl)c(I)c1=O. The van der Waals surface area contributed by atoms with Crippen LogP contribution in [0.1, 0.15) is 20.8 Å². The van der Waals surface area contributed by atoms with Crippen LogP contribution in [-0.2, 0) is 16.4 Å². The molecule has 0 N–H and O–H groups in total. The monoisotopic (exact) mass is 404 g/mol. The lowest BCUT2D eigenvalue weighted by molar-refractivity contribution is 0.551. The average Bonchev–Trinajstić information content (AvgIpc) is 2.23. The number of rotatable bonds is 3. The van der Waals surface area contributed by atoms with Crippen molar-refractivity contribution in [3.63, 3.8) is 0 Å². The van der Waals surface area contributed by atoms with Crippen LogP contribution in [0.5, 0.6) is 0 Å². The van der Waals surface area contributed by atoms with Gasteiger partial charge in [-0.25, -0.2) is 13.4 Å². The summed E-state index contributed by atoms with van der Waals surface area (Å²) in [5, 5.41) is 0.135. The summed E-state index contributed by atoms with van der Waals surface area (Å²) in [6.07, 6.45) is 1.27. The van der Waals surface area contributed by atoms with Gasteiger partial charge in [0.2, 0.25) is 0 Å². The van der Waals surface area contributed by atoms with Crippen molar-refractivity contribution in [3.05, 3.63) is 25.4 Å². The fraction of sp³-hybridized carbons (Fsp3) is 0.600. The Kier molecular flexibility index (Phi) is 4.82. The first kappa shape index (κ1) is 15.9. The smallest absolute Gasteiger partial charge is 0.268 e. The van der Waals surface area contributed by atoms with Crippen molar-refractivity contribution in [2.24, 2.45) is 0 Å². The Bertz CT molecular complexity index is 605. The zero-order valence-electron chi connectivity index (χ0n) is 10.3. The van der Waals surface area contributed by atoms with E-state index in [1.807, 2.05) is 0 Å². The summed E-state index contributed by atoms with van der Waals surface area (Å²) in [6.45, 7) is 4.98. The van der Waals surface area contributed by atoms with E-state index in [0.717, 1.165) is 0 Å². The highest BCUT2D eigenvalue weighted by atomic mass is 127. The normalized spacial score (nSPS) is 12.7. The molecular formula is C10H14ClIN2O3S. The number of aryl methyl sites for hydroxylation is 1. The fourth-order valence-corrected chi connectivity index (χ4v) is 2.75. The molecule has 0 spiro atoms. The molecule has 1 heterocycles. The minimum atomic E-state index is -3.26. The fourth-order valence-electron chi connectivity index (χ4n) is 1.13. The summed E-state index contributed by atoms with van der Waals surface area (Å²) < 4.78 is 24.6. The summed E-state index contributed by atoms with van der Waals surface area (Å²) in [5.41, 5.74) is -0.320. The minimum Gasteiger partial charge on any atom is -0.297 e. The Morgan fingerprint density at radius 1 is 1.44 bits per heavy atom. The van der Waals surface area contributed by atoms with Crippen LogP contribution in [0.15, 0.2) is 11.1 Å². The van der Waals surface area contributed by atoms with E-state index >= 15 is 0 Å². The molecule has 0 amide bonds. The third kappa shape index (κ3) is 3.45. The minimum absolute atomic E-state index is 0.0820. The van der Waals surface area contributed by atoms with Crippen LogP contribution in [0.25, 0.3) is 0 Å². The number of hydrogen-bond donors (Lipinski definition) is 0. The molecule has 0 bridgehead atoms. The molecule has 0 aromatic carbocycles. The molecule has 0 aliphatic heterocycles. The largest absolute Gasteiger partial charge is 0.297 e. The first-order valence-corrected chi connectivity index (χ1v) is 8.30. The standard InChI is InChI=1S/C10H14ClIN2O3S/c1-10(2,3)18(16,17)5-4-14-6-13-8(11)7(12)9(14)15/h6H,4-5H2,1-3H3. The second-order valence-electron chi connectivity index (χ2n) is 4.78. The maximum atomic E-state index is 11.9. The van der Waals surface area contributed by atoms with E-state index in [1.54, 1.807) is 43.4 Å². The maximum Gasteiger partial charge on any atom is 0.268 e. The second kappa shape index (κ2) is 5.46. The molecule has 1 aromatic heterocycles. The van der Waals surface area contributed by atoms with Gasteiger partial charge in [0.25, 0.3) is 5.56 Å². The van der Waals surface area contributed by atoms with Crippen molar-refractivity contribution < 1.29 is 8.42 Å². The molecular weight excluding hydrogens is 391 g/mol. The first-order chi connectivity index (χ1) is 8.06. The third-order valence-corrected chi connectivity index (χ3v) is 6.64. The Labute approximate surface area is 125 Å². The quantitative estimate of drug-likeness (QED) is 0.568. The van der Waals surface area contributed by atoms with Gasteiger partial charge in [-0.2, -0.15) is 0 Å². The van der Waals surface area contributed by atoms with Crippen LogP contribution < -0.4 is 5.56 Å². The van der Waals surface area contributed by atoms with E-state index in [1.165, 1.54) is 10.9 Å². The molecule has 18 heavy (non-hydrogen) atoms. The van der Waals surface area contributed by atoms with Crippen LogP contribution in [-0.4, -0.2) is 28.5 Å². The number of aromatic nitrogens is 2. The Morgan fingerprint density at radius 3 is 2.50 bits per heavy atom. The maximum absolute atomic E-state index is 11.9. The van der Waals surface area contributed by atoms with Gasteiger partial charge in [-0.1, -0.05) is 11.6 Å². The van der Waals surface area contributed by atoms with Crippen LogP contribution in [0.3, 0.4) is 0 Å². The van der Waals surface area contributed by atoms with Crippen LogP contribution >= 0.6 is 34.2 Å². The number of halogens is 2. The van der Waals surface area contributed by atoms with E-state index in [2.05, 4.69) is 4.98 Å². The van der Waals surface area contributed by atoms with Crippen LogP contribution in [0, 0.1) is 3.57 Å².